The Morgan fingerprint density at radius 1 is 0.795 bits per heavy atom. The third-order valence-corrected chi connectivity index (χ3v) is 20.6. The van der Waals surface area contributed by atoms with Crippen LogP contribution < -0.4 is 31.4 Å². The van der Waals surface area contributed by atoms with E-state index in [9.17, 15) is 24.9 Å². The molecule has 3 aromatic heterocycles. The van der Waals surface area contributed by atoms with E-state index >= 15 is 0 Å². The Balaban J connectivity index is 1.07. The monoisotopic (exact) mass is 1260 g/mol. The third-order valence-electron chi connectivity index (χ3n) is 15.1. The van der Waals surface area contributed by atoms with Crippen LogP contribution in [0.4, 0.5) is 11.8 Å². The van der Waals surface area contributed by atoms with Crippen molar-refractivity contribution in [1.29, 1.82) is 10.5 Å². The van der Waals surface area contributed by atoms with Crippen molar-refractivity contribution in [2.75, 3.05) is 56.9 Å². The minimum Gasteiger partial charge on any atom is -0.497 e. The molecule has 22 nitrogen and oxygen atoms in total. The fraction of sp³-hybridized carbons (Fsp3) is 0.429. The largest absolute Gasteiger partial charge is 0.497 e. The number of hydrogen-bond donors (Lipinski definition) is 3. The first-order valence-electron chi connectivity index (χ1n) is 29.3. The molecule has 2 fully saturated rings. The number of carbonyl (C=O) groups is 1. The van der Waals surface area contributed by atoms with Gasteiger partial charge in [-0.05, 0) is 105 Å². The van der Waals surface area contributed by atoms with E-state index in [1.807, 2.05) is 92.7 Å². The summed E-state index contributed by atoms with van der Waals surface area (Å²) in [6.45, 7) is 9.12. The van der Waals surface area contributed by atoms with Gasteiger partial charge in [-0.1, -0.05) is 86.6 Å². The van der Waals surface area contributed by atoms with Crippen molar-refractivity contribution in [1.82, 2.24) is 33.7 Å². The number of carbonyl (C=O) groups excluding carboxylic acids is 1. The molecule has 0 bridgehead atoms. The second-order valence-corrected chi connectivity index (χ2v) is 27.9. The van der Waals surface area contributed by atoms with Crippen LogP contribution in [0.1, 0.15) is 107 Å². The van der Waals surface area contributed by atoms with Gasteiger partial charge in [-0.2, -0.15) is 20.5 Å². The van der Waals surface area contributed by atoms with Crippen LogP contribution in [0, 0.1) is 28.6 Å². The Labute approximate surface area is 518 Å². The summed E-state index contributed by atoms with van der Waals surface area (Å²) >= 11 is 6.52. The van der Waals surface area contributed by atoms with E-state index in [1.54, 1.807) is 49.1 Å². The third kappa shape index (κ3) is 15.4. The number of nitrogens with zero attached hydrogens (tertiary/aromatic N) is 8. The number of ether oxygens (including phenoxy) is 5. The van der Waals surface area contributed by atoms with Gasteiger partial charge in [-0.3, -0.25) is 28.4 Å². The smallest absolute Gasteiger partial charge is 0.351 e. The lowest BCUT2D eigenvalue weighted by Crippen LogP contribution is -2.38. The standard InChI is InChI=1S/C63H75N11O11P2S/c1-41(2)37-66-61-70-58-57(60(76)71-61)67-40-73(58)56-36-51(52(82-56)38-80-63(45-19-13-10-14-20-45,46-21-25-48(78-7)26-22-46)47-23-27-49(79-8)28-24-47)85-87(88,34-16-31-65)81-39-53-50(84-86(33-15-30-64)74(42(3)4)43(5)6)35-55(83-53)72-32-29-54(69-62(72)77)68-59(75)44-17-11-9-12-18-44/h9-14,17-29,32,40-43,50-53,55-56H,15-16,33-39H2,1-8H3,(H2,66,70,71,76)(H,68,69,75,77)/t50-,51-,52+,53+,55+,56+,86?,87?/m0/s1. The quantitative estimate of drug-likeness (QED) is 0.0291. The molecule has 2 aliphatic rings. The van der Waals surface area contributed by atoms with Crippen LogP contribution in [0.15, 0.2) is 137 Å². The SMILES string of the molecule is COc1ccc(C(OC[C@H]2O[C@@H](n3cnc4c(=O)[nH]c(NCC(C)C)nc43)C[C@@H]2OP(=S)(CCC#N)OC[C@H]2O[C@@H](n3ccc(NC(=O)c4ccccc4)nc3=O)C[C@@H]2OP(CCC#N)N(C(C)C)C(C)C)(c2ccccc2)c2ccc(OC)cc2)cc1. The Morgan fingerprint density at radius 2 is 1.39 bits per heavy atom. The van der Waals surface area contributed by atoms with Gasteiger partial charge in [0, 0.05) is 68.4 Å². The van der Waals surface area contributed by atoms with Crippen molar-refractivity contribution in [3.05, 3.63) is 171 Å². The molecule has 0 aliphatic carbocycles. The first kappa shape index (κ1) is 65.2. The summed E-state index contributed by atoms with van der Waals surface area (Å²) < 4.78 is 59.0. The van der Waals surface area contributed by atoms with Crippen molar-refractivity contribution < 1.29 is 42.1 Å². The highest BCUT2D eigenvalue weighted by Gasteiger charge is 2.47. The summed E-state index contributed by atoms with van der Waals surface area (Å²) in [5.41, 5.74) is 0.762. The van der Waals surface area contributed by atoms with Gasteiger partial charge in [0.25, 0.3) is 11.5 Å². The zero-order valence-corrected chi connectivity index (χ0v) is 53.2. The van der Waals surface area contributed by atoms with Gasteiger partial charge in [0.2, 0.25) is 5.95 Å². The summed E-state index contributed by atoms with van der Waals surface area (Å²) in [5, 5.41) is 26.0. The van der Waals surface area contributed by atoms with E-state index in [-0.39, 0.29) is 86.0 Å². The zero-order valence-electron chi connectivity index (χ0n) is 50.6. The molecule has 464 valence electrons. The number of methoxy groups -OCH3 is 2. The highest BCUT2D eigenvalue weighted by atomic mass is 32.5. The molecule has 2 aliphatic heterocycles. The number of aromatic amines is 1. The number of fused-ring (bicyclic) bond motifs is 1. The average molecular weight is 1260 g/mol. The summed E-state index contributed by atoms with van der Waals surface area (Å²) in [6, 6.07) is 39.9. The average Bonchev–Trinajstić information content (AvgIpc) is 1.69. The van der Waals surface area contributed by atoms with Crippen LogP contribution >= 0.6 is 14.8 Å². The molecule has 9 rings (SSSR count). The van der Waals surface area contributed by atoms with Gasteiger partial charge in [0.1, 0.15) is 55.9 Å². The molecule has 3 N–H and O–H groups in total. The lowest BCUT2D eigenvalue weighted by atomic mass is 9.80. The van der Waals surface area contributed by atoms with Crippen molar-refractivity contribution in [2.45, 2.75) is 122 Å². The Morgan fingerprint density at radius 3 is 1.98 bits per heavy atom. The molecule has 5 heterocycles. The molecule has 0 saturated carbocycles. The normalized spacial score (nSPS) is 19.6. The van der Waals surface area contributed by atoms with Crippen LogP contribution in [-0.4, -0.2) is 122 Å². The van der Waals surface area contributed by atoms with Crippen LogP contribution in [-0.2, 0) is 45.2 Å². The second kappa shape index (κ2) is 29.8. The number of nitrogens with one attached hydrogen (secondary N) is 3. The van der Waals surface area contributed by atoms with E-state index in [2.05, 4.69) is 70.1 Å². The topological polar surface area (TPSA) is 264 Å². The molecule has 2 saturated heterocycles. The fourth-order valence-electron chi connectivity index (χ4n) is 10.9. The number of imidazole rings is 1. The Hall–Kier alpha value is -7.24. The summed E-state index contributed by atoms with van der Waals surface area (Å²) in [7, 11) is 1.81. The van der Waals surface area contributed by atoms with E-state index in [1.165, 1.54) is 23.2 Å². The minimum atomic E-state index is -3.56. The van der Waals surface area contributed by atoms with E-state index in [0.29, 0.717) is 29.8 Å². The summed E-state index contributed by atoms with van der Waals surface area (Å²) in [6.07, 6.45) is -1.01. The van der Waals surface area contributed by atoms with Crippen LogP contribution in [0.2, 0.25) is 0 Å². The zero-order chi connectivity index (χ0) is 62.5. The van der Waals surface area contributed by atoms with Crippen LogP contribution in [0.5, 0.6) is 11.5 Å². The number of rotatable bonds is 29. The van der Waals surface area contributed by atoms with E-state index in [4.69, 9.17) is 54.0 Å². The van der Waals surface area contributed by atoms with E-state index in [0.717, 1.165) is 16.7 Å². The van der Waals surface area contributed by atoms with Gasteiger partial charge >= 0.3 is 5.69 Å². The molecule has 0 radical (unpaired) electrons. The molecule has 25 heteroatoms. The van der Waals surface area contributed by atoms with Crippen molar-refractivity contribution in [3.63, 3.8) is 0 Å². The summed E-state index contributed by atoms with van der Waals surface area (Å²) in [4.78, 5) is 56.9. The molecule has 0 spiro atoms. The first-order valence-corrected chi connectivity index (χ1v) is 33.5. The second-order valence-electron chi connectivity index (χ2n) is 22.3. The number of nitriles is 2. The van der Waals surface area contributed by atoms with Gasteiger partial charge in [-0.15, -0.1) is 0 Å². The molecule has 2 unspecified atom stereocenters. The number of H-pyrrole nitrogens is 1. The van der Waals surface area contributed by atoms with Crippen LogP contribution in [0.3, 0.4) is 0 Å². The maximum atomic E-state index is 13.9. The van der Waals surface area contributed by atoms with Crippen molar-refractivity contribution >= 4 is 55.4 Å². The highest BCUT2D eigenvalue weighted by molar-refractivity contribution is 8.09. The van der Waals surface area contributed by atoms with Crippen LogP contribution in [0.25, 0.3) is 11.2 Å². The predicted molar refractivity (Wildman–Crippen MR) is 339 cm³/mol. The molecular weight excluding hydrogens is 1180 g/mol. The summed E-state index contributed by atoms with van der Waals surface area (Å²) in [5.74, 6) is 1.45. The molecule has 8 atom stereocenters. The van der Waals surface area contributed by atoms with Crippen molar-refractivity contribution in [2.24, 2.45) is 5.92 Å². The van der Waals surface area contributed by atoms with Gasteiger partial charge in [-0.25, -0.2) is 9.78 Å². The van der Waals surface area contributed by atoms with Gasteiger partial charge < -0.3 is 47.9 Å². The molecular formula is C63H75N11O11P2S. The van der Waals surface area contributed by atoms with Gasteiger partial charge in [0.15, 0.2) is 17.7 Å². The van der Waals surface area contributed by atoms with Gasteiger partial charge in [0.05, 0.1) is 58.1 Å². The lowest BCUT2D eigenvalue weighted by Gasteiger charge is -2.39. The Bertz CT molecular complexity index is 3660. The molecule has 88 heavy (non-hydrogen) atoms. The number of aromatic nitrogens is 6. The van der Waals surface area contributed by atoms with E-state index < -0.39 is 74.4 Å². The minimum absolute atomic E-state index is 0.0218. The lowest BCUT2D eigenvalue weighted by molar-refractivity contribution is -0.0909. The highest BCUT2D eigenvalue weighted by Crippen LogP contribution is 2.55. The number of anilines is 2. The van der Waals surface area contributed by atoms with Crippen molar-refractivity contribution in [3.8, 4) is 23.6 Å². The maximum Gasteiger partial charge on any atom is 0.351 e. The number of benzene rings is 4. The fourth-order valence-corrected chi connectivity index (χ4v) is 15.7. The number of hydrogen-bond acceptors (Lipinski definition) is 19. The molecule has 1 amide bonds. The molecule has 7 aromatic rings. The number of amides is 1. The molecule has 4 aromatic carbocycles. The Kier molecular flexibility index (Phi) is 22.1. The maximum absolute atomic E-state index is 13.9. The first-order chi connectivity index (χ1) is 42.5. The predicted octanol–water partition coefficient (Wildman–Crippen LogP) is 10.7.